The lowest BCUT2D eigenvalue weighted by Crippen LogP contribution is -2.26. The highest BCUT2D eigenvalue weighted by molar-refractivity contribution is 9.10. The third-order valence-electron chi connectivity index (χ3n) is 4.93. The number of hydrogen-bond donors (Lipinski definition) is 1. The number of rotatable bonds is 9. The average molecular weight is 494 g/mol. The Morgan fingerprint density at radius 3 is 2.47 bits per heavy atom. The normalized spacial score (nSPS) is 10.8. The highest BCUT2D eigenvalue weighted by Gasteiger charge is 2.09. The summed E-state index contributed by atoms with van der Waals surface area (Å²) in [6, 6.07) is 19.8. The number of hydrogen-bond acceptors (Lipinski definition) is 4. The van der Waals surface area contributed by atoms with Crippen molar-refractivity contribution in [3.8, 4) is 16.9 Å². The number of aromatic nitrogens is 4. The Kier molecular flexibility index (Phi) is 7.01. The number of halogens is 1. The van der Waals surface area contributed by atoms with Gasteiger partial charge in [0.1, 0.15) is 11.4 Å². The molecule has 0 aliphatic heterocycles. The largest absolute Gasteiger partial charge is 0.471 e. The first-order chi connectivity index (χ1) is 15.6. The summed E-state index contributed by atoms with van der Waals surface area (Å²) in [4.78, 5) is 12.3. The van der Waals surface area contributed by atoms with E-state index in [1.54, 1.807) is 16.9 Å². The second kappa shape index (κ2) is 10.3. The van der Waals surface area contributed by atoms with Crippen LogP contribution in [0.3, 0.4) is 0 Å². The second-order valence-corrected chi connectivity index (χ2v) is 8.19. The summed E-state index contributed by atoms with van der Waals surface area (Å²) < 4.78 is 10.2. The number of benzene rings is 2. The van der Waals surface area contributed by atoms with Crippen molar-refractivity contribution in [2.75, 3.05) is 6.54 Å². The minimum Gasteiger partial charge on any atom is -0.471 e. The molecule has 0 unspecified atom stereocenters. The molecular formula is C24H24BrN5O2. The number of nitrogens with zero attached hydrogens (tertiary/aromatic N) is 4. The molecule has 2 heterocycles. The number of aryl methyl sites for hydroxylation is 2. The van der Waals surface area contributed by atoms with E-state index in [1.165, 1.54) is 0 Å². The maximum Gasteiger partial charge on any atom is 0.271 e. The lowest BCUT2D eigenvalue weighted by atomic mass is 10.1. The van der Waals surface area contributed by atoms with Gasteiger partial charge in [-0.25, -0.2) is 4.68 Å². The molecule has 32 heavy (non-hydrogen) atoms. The van der Waals surface area contributed by atoms with Crippen LogP contribution in [0.2, 0.25) is 0 Å². The van der Waals surface area contributed by atoms with Crippen molar-refractivity contribution in [3.63, 3.8) is 0 Å². The summed E-state index contributed by atoms with van der Waals surface area (Å²) in [6.45, 7) is 3.46. The van der Waals surface area contributed by atoms with Crippen molar-refractivity contribution >= 4 is 21.8 Å². The fraction of sp³-hybridized carbons (Fsp3) is 0.208. The maximum absolute atomic E-state index is 12.3. The summed E-state index contributed by atoms with van der Waals surface area (Å²) in [5.74, 6) is 0.542. The van der Waals surface area contributed by atoms with Crippen molar-refractivity contribution < 1.29 is 9.53 Å². The third kappa shape index (κ3) is 5.64. The minimum atomic E-state index is -0.200. The molecule has 0 aliphatic carbocycles. The molecule has 1 amide bonds. The molecule has 1 N–H and O–H groups in total. The van der Waals surface area contributed by atoms with Gasteiger partial charge in [0.15, 0.2) is 6.73 Å². The molecule has 7 nitrogen and oxygen atoms in total. The van der Waals surface area contributed by atoms with Gasteiger partial charge in [-0.05, 0) is 58.6 Å². The monoisotopic (exact) mass is 493 g/mol. The Balaban J connectivity index is 1.22. The Labute approximate surface area is 195 Å². The van der Waals surface area contributed by atoms with Crippen molar-refractivity contribution in [3.05, 3.63) is 88.9 Å². The van der Waals surface area contributed by atoms with Crippen LogP contribution in [0.1, 0.15) is 22.6 Å². The van der Waals surface area contributed by atoms with Gasteiger partial charge in [0.2, 0.25) is 0 Å². The van der Waals surface area contributed by atoms with Gasteiger partial charge in [-0.2, -0.15) is 10.2 Å². The van der Waals surface area contributed by atoms with E-state index < -0.39 is 0 Å². The molecule has 4 rings (SSSR count). The third-order valence-corrected chi connectivity index (χ3v) is 5.71. The van der Waals surface area contributed by atoms with E-state index in [4.69, 9.17) is 4.74 Å². The molecule has 0 atom stereocenters. The van der Waals surface area contributed by atoms with Gasteiger partial charge >= 0.3 is 0 Å². The molecule has 0 radical (unpaired) electrons. The molecule has 0 saturated heterocycles. The minimum absolute atomic E-state index is 0.200. The molecule has 4 aromatic rings. The van der Waals surface area contributed by atoms with Gasteiger partial charge in [-0.1, -0.05) is 42.5 Å². The molecule has 0 aliphatic rings. The second-order valence-electron chi connectivity index (χ2n) is 7.34. The molecule has 2 aromatic heterocycles. The highest BCUT2D eigenvalue weighted by Crippen LogP contribution is 2.22. The van der Waals surface area contributed by atoms with E-state index in [-0.39, 0.29) is 12.6 Å². The van der Waals surface area contributed by atoms with Crippen molar-refractivity contribution in [1.29, 1.82) is 0 Å². The average Bonchev–Trinajstić information content (AvgIpc) is 3.42. The summed E-state index contributed by atoms with van der Waals surface area (Å²) >= 11 is 3.45. The first-order valence-electron chi connectivity index (χ1n) is 10.4. The van der Waals surface area contributed by atoms with Crippen LogP contribution in [0, 0.1) is 6.92 Å². The van der Waals surface area contributed by atoms with Gasteiger partial charge in [0, 0.05) is 25.5 Å². The number of nitrogens with one attached hydrogen (secondary N) is 1. The van der Waals surface area contributed by atoms with Crippen LogP contribution in [0.5, 0.6) is 5.75 Å². The van der Waals surface area contributed by atoms with Gasteiger partial charge in [-0.15, -0.1) is 0 Å². The van der Waals surface area contributed by atoms with Crippen molar-refractivity contribution in [2.45, 2.75) is 26.6 Å². The Hall–Kier alpha value is -3.39. The van der Waals surface area contributed by atoms with Crippen LogP contribution < -0.4 is 10.1 Å². The Morgan fingerprint density at radius 1 is 1.00 bits per heavy atom. The van der Waals surface area contributed by atoms with Crippen LogP contribution in [-0.2, 0) is 13.3 Å². The van der Waals surface area contributed by atoms with Gasteiger partial charge in [-0.3, -0.25) is 9.48 Å². The predicted octanol–water partition coefficient (Wildman–Crippen LogP) is 4.67. The smallest absolute Gasteiger partial charge is 0.271 e. The van der Waals surface area contributed by atoms with Crippen LogP contribution in [0.15, 0.2) is 77.5 Å². The van der Waals surface area contributed by atoms with E-state index in [9.17, 15) is 4.79 Å². The lowest BCUT2D eigenvalue weighted by Gasteiger charge is -2.08. The number of carbonyl (C=O) groups excluding carboxylic acids is 1. The molecule has 2 aromatic carbocycles. The first-order valence-corrected chi connectivity index (χ1v) is 11.2. The lowest BCUT2D eigenvalue weighted by molar-refractivity contribution is 0.0945. The quantitative estimate of drug-likeness (QED) is 0.343. The zero-order valence-corrected chi connectivity index (χ0v) is 19.3. The summed E-state index contributed by atoms with van der Waals surface area (Å²) in [7, 11) is 0. The molecule has 0 bridgehead atoms. The highest BCUT2D eigenvalue weighted by atomic mass is 79.9. The van der Waals surface area contributed by atoms with Crippen molar-refractivity contribution in [1.82, 2.24) is 24.9 Å². The van der Waals surface area contributed by atoms with Gasteiger partial charge in [0.05, 0.1) is 10.2 Å². The summed E-state index contributed by atoms with van der Waals surface area (Å²) in [5.41, 5.74) is 3.61. The van der Waals surface area contributed by atoms with E-state index in [1.807, 2.05) is 60.3 Å². The Bertz CT molecular complexity index is 1150. The maximum atomic E-state index is 12.3. The number of amides is 1. The first kappa shape index (κ1) is 21.8. The van der Waals surface area contributed by atoms with E-state index >= 15 is 0 Å². The van der Waals surface area contributed by atoms with E-state index in [0.717, 1.165) is 40.0 Å². The topological polar surface area (TPSA) is 74.0 Å². The molecule has 0 fully saturated rings. The molecular weight excluding hydrogens is 470 g/mol. The molecule has 0 saturated carbocycles. The molecule has 8 heteroatoms. The van der Waals surface area contributed by atoms with Gasteiger partial charge < -0.3 is 10.1 Å². The summed E-state index contributed by atoms with van der Waals surface area (Å²) in [6.07, 6.45) is 4.45. The van der Waals surface area contributed by atoms with Crippen LogP contribution in [0.25, 0.3) is 11.1 Å². The standard InChI is InChI=1S/C24H24BrN5O2/c1-18-22(25)16-29(27-18)14-5-13-26-24(31)23-12-15-30(28-23)17-32-21-10-8-20(9-11-21)19-6-3-2-4-7-19/h2-4,6-12,15-16H,5,13-14,17H2,1H3,(H,26,31). The number of ether oxygens (including phenoxy) is 1. The van der Waals surface area contributed by atoms with Gasteiger partial charge in [0.25, 0.3) is 5.91 Å². The number of carbonyl (C=O) groups is 1. The van der Waals surface area contributed by atoms with E-state index in [2.05, 4.69) is 43.6 Å². The molecule has 0 spiro atoms. The summed E-state index contributed by atoms with van der Waals surface area (Å²) in [5, 5.41) is 11.6. The SMILES string of the molecule is Cc1nn(CCCNC(=O)c2ccn(COc3ccc(-c4ccccc4)cc3)n2)cc1Br. The van der Waals surface area contributed by atoms with Crippen LogP contribution in [-0.4, -0.2) is 32.0 Å². The van der Waals surface area contributed by atoms with Crippen molar-refractivity contribution in [2.24, 2.45) is 0 Å². The fourth-order valence-electron chi connectivity index (χ4n) is 3.21. The predicted molar refractivity (Wildman–Crippen MR) is 126 cm³/mol. The Morgan fingerprint density at radius 2 is 1.75 bits per heavy atom. The zero-order chi connectivity index (χ0) is 22.3. The molecule has 164 valence electrons. The van der Waals surface area contributed by atoms with Crippen LogP contribution in [0.4, 0.5) is 0 Å². The van der Waals surface area contributed by atoms with E-state index in [0.29, 0.717) is 12.2 Å². The van der Waals surface area contributed by atoms with Crippen LogP contribution >= 0.6 is 15.9 Å². The fourth-order valence-corrected chi connectivity index (χ4v) is 3.53. The zero-order valence-electron chi connectivity index (χ0n) is 17.7.